The van der Waals surface area contributed by atoms with Gasteiger partial charge in [-0.15, -0.1) is 0 Å². The molecule has 0 aliphatic rings. The van der Waals surface area contributed by atoms with Crippen LogP contribution >= 0.6 is 0 Å². The Morgan fingerprint density at radius 2 is 1.70 bits per heavy atom. The van der Waals surface area contributed by atoms with Gasteiger partial charge in [0.15, 0.2) is 11.5 Å². The van der Waals surface area contributed by atoms with Gasteiger partial charge in [0.1, 0.15) is 0 Å². The third kappa shape index (κ3) is 5.50. The summed E-state index contributed by atoms with van der Waals surface area (Å²) < 4.78 is 10.8. The number of anilines is 1. The van der Waals surface area contributed by atoms with E-state index in [-0.39, 0.29) is 17.3 Å². The van der Waals surface area contributed by atoms with Gasteiger partial charge in [-0.3, -0.25) is 9.78 Å². The lowest BCUT2D eigenvalue weighted by Crippen LogP contribution is -2.10. The minimum Gasteiger partial charge on any atom is -0.493 e. The average molecular weight is 440 g/mol. The van der Waals surface area contributed by atoms with E-state index in [2.05, 4.69) is 20.5 Å². The van der Waals surface area contributed by atoms with Crippen LogP contribution in [-0.4, -0.2) is 29.3 Å². The third-order valence-electron chi connectivity index (χ3n) is 4.60. The van der Waals surface area contributed by atoms with Crippen molar-refractivity contribution >= 4 is 18.1 Å². The first-order valence-corrected chi connectivity index (χ1v) is 10.0. The van der Waals surface area contributed by atoms with E-state index in [0.29, 0.717) is 22.6 Å². The zero-order valence-electron chi connectivity index (χ0n) is 17.7. The van der Waals surface area contributed by atoms with Gasteiger partial charge in [0.05, 0.1) is 24.6 Å². The highest BCUT2D eigenvalue weighted by atomic mass is 16.6. The molecule has 0 atom stereocenters. The highest BCUT2D eigenvalue weighted by molar-refractivity contribution is 5.91. The largest absolute Gasteiger partial charge is 0.493 e. The van der Waals surface area contributed by atoms with E-state index in [1.54, 1.807) is 42.5 Å². The monoisotopic (exact) mass is 440 g/mol. The van der Waals surface area contributed by atoms with Crippen molar-refractivity contribution in [2.45, 2.75) is 0 Å². The number of carbonyl (C=O) groups excluding carboxylic acids is 1. The van der Waals surface area contributed by atoms with Crippen LogP contribution in [0.4, 0.5) is 5.95 Å². The van der Waals surface area contributed by atoms with E-state index in [9.17, 15) is 9.59 Å². The van der Waals surface area contributed by atoms with Gasteiger partial charge in [-0.1, -0.05) is 48.5 Å². The summed E-state index contributed by atoms with van der Waals surface area (Å²) in [5.41, 5.74) is 4.90. The highest BCUT2D eigenvalue weighted by Crippen LogP contribution is 2.28. The Balaban J connectivity index is 1.47. The molecule has 1 aromatic heterocycles. The quantitative estimate of drug-likeness (QED) is 0.194. The molecule has 164 valence electrons. The normalized spacial score (nSPS) is 10.7. The van der Waals surface area contributed by atoms with Crippen LogP contribution in [0.2, 0.25) is 0 Å². The number of nitrogens with one attached hydrogen (secondary N) is 2. The molecule has 0 radical (unpaired) electrons. The Morgan fingerprint density at radius 3 is 2.42 bits per heavy atom. The molecule has 0 amide bonds. The summed E-state index contributed by atoms with van der Waals surface area (Å²) >= 11 is 0. The first-order valence-electron chi connectivity index (χ1n) is 10.0. The SMILES string of the molecule is COc1cc(/C=N/Nc2nc(-c3ccccc3)cc(=O)[nH]2)ccc1OC(=O)c1ccccc1. The second-order valence-corrected chi connectivity index (χ2v) is 6.88. The van der Waals surface area contributed by atoms with Gasteiger partial charge in [-0.05, 0) is 35.9 Å². The number of nitrogens with zero attached hydrogens (tertiary/aromatic N) is 2. The van der Waals surface area contributed by atoms with E-state index < -0.39 is 5.97 Å². The van der Waals surface area contributed by atoms with E-state index in [1.165, 1.54) is 19.4 Å². The van der Waals surface area contributed by atoms with Crippen LogP contribution in [0.3, 0.4) is 0 Å². The molecule has 4 rings (SSSR count). The molecular formula is C25H20N4O4. The van der Waals surface area contributed by atoms with Crippen molar-refractivity contribution in [3.63, 3.8) is 0 Å². The van der Waals surface area contributed by atoms with Crippen molar-refractivity contribution in [3.05, 3.63) is 106 Å². The molecule has 1 heterocycles. The Labute approximate surface area is 189 Å². The first-order chi connectivity index (χ1) is 16.1. The second kappa shape index (κ2) is 10.1. The number of hydrogen-bond acceptors (Lipinski definition) is 7. The van der Waals surface area contributed by atoms with Crippen LogP contribution in [0, 0.1) is 0 Å². The average Bonchev–Trinajstić information content (AvgIpc) is 2.85. The molecular weight excluding hydrogens is 420 g/mol. The molecule has 0 bridgehead atoms. The van der Waals surface area contributed by atoms with Crippen LogP contribution in [0.25, 0.3) is 11.3 Å². The standard InChI is InChI=1S/C25H20N4O4/c1-32-22-14-17(12-13-21(22)33-24(31)19-10-6-3-7-11-19)16-26-29-25-27-20(15-23(30)28-25)18-8-4-2-5-9-18/h2-16H,1H3,(H2,27,28,29,30)/b26-16+. The van der Waals surface area contributed by atoms with Crippen molar-refractivity contribution < 1.29 is 14.3 Å². The molecule has 0 saturated heterocycles. The summed E-state index contributed by atoms with van der Waals surface area (Å²) in [4.78, 5) is 31.3. The van der Waals surface area contributed by atoms with Crippen LogP contribution in [0.15, 0.2) is 94.8 Å². The minimum absolute atomic E-state index is 0.206. The molecule has 0 fully saturated rings. The molecule has 0 unspecified atom stereocenters. The summed E-state index contributed by atoms with van der Waals surface area (Å²) in [7, 11) is 1.48. The van der Waals surface area contributed by atoms with Crippen LogP contribution in [-0.2, 0) is 0 Å². The lowest BCUT2D eigenvalue weighted by atomic mass is 10.1. The van der Waals surface area contributed by atoms with Gasteiger partial charge in [0, 0.05) is 11.6 Å². The number of rotatable bonds is 7. The Kier molecular flexibility index (Phi) is 6.56. The summed E-state index contributed by atoms with van der Waals surface area (Å²) in [5.74, 6) is 0.391. The topological polar surface area (TPSA) is 106 Å². The fraction of sp³-hybridized carbons (Fsp3) is 0.0400. The van der Waals surface area contributed by atoms with E-state index in [4.69, 9.17) is 9.47 Å². The molecule has 4 aromatic rings. The minimum atomic E-state index is -0.481. The number of H-pyrrole nitrogens is 1. The number of aromatic amines is 1. The van der Waals surface area contributed by atoms with Crippen molar-refractivity contribution in [1.29, 1.82) is 0 Å². The fourth-order valence-corrected chi connectivity index (χ4v) is 3.02. The van der Waals surface area contributed by atoms with E-state index in [1.807, 2.05) is 36.4 Å². The van der Waals surface area contributed by atoms with Gasteiger partial charge in [0.25, 0.3) is 5.56 Å². The van der Waals surface area contributed by atoms with Crippen molar-refractivity contribution in [3.8, 4) is 22.8 Å². The molecule has 8 heteroatoms. The molecule has 2 N–H and O–H groups in total. The first kappa shape index (κ1) is 21.5. The Bertz CT molecular complexity index is 1340. The number of carbonyl (C=O) groups is 1. The van der Waals surface area contributed by atoms with Crippen molar-refractivity contribution in [1.82, 2.24) is 9.97 Å². The van der Waals surface area contributed by atoms with Gasteiger partial charge in [0.2, 0.25) is 5.95 Å². The smallest absolute Gasteiger partial charge is 0.343 e. The summed E-state index contributed by atoms with van der Waals surface area (Å²) in [6.07, 6.45) is 1.53. The molecule has 0 spiro atoms. The molecule has 0 aliphatic carbocycles. The fourth-order valence-electron chi connectivity index (χ4n) is 3.02. The summed E-state index contributed by atoms with van der Waals surface area (Å²) in [6, 6.07) is 24.5. The third-order valence-corrected chi connectivity index (χ3v) is 4.60. The lowest BCUT2D eigenvalue weighted by Gasteiger charge is -2.10. The highest BCUT2D eigenvalue weighted by Gasteiger charge is 2.12. The zero-order valence-corrected chi connectivity index (χ0v) is 17.7. The van der Waals surface area contributed by atoms with Crippen molar-refractivity contribution in [2.75, 3.05) is 12.5 Å². The maximum atomic E-state index is 12.3. The zero-order chi connectivity index (χ0) is 23.0. The number of hydrogen-bond donors (Lipinski definition) is 2. The molecule has 33 heavy (non-hydrogen) atoms. The maximum absolute atomic E-state index is 12.3. The summed E-state index contributed by atoms with van der Waals surface area (Å²) in [5, 5.41) is 4.13. The lowest BCUT2D eigenvalue weighted by molar-refractivity contribution is 0.0729. The maximum Gasteiger partial charge on any atom is 0.343 e. The molecule has 0 aliphatic heterocycles. The van der Waals surface area contributed by atoms with Crippen LogP contribution in [0.1, 0.15) is 15.9 Å². The van der Waals surface area contributed by atoms with Gasteiger partial charge < -0.3 is 9.47 Å². The van der Waals surface area contributed by atoms with Crippen LogP contribution in [0.5, 0.6) is 11.5 Å². The number of ether oxygens (including phenoxy) is 2. The number of benzene rings is 3. The second-order valence-electron chi connectivity index (χ2n) is 6.88. The molecule has 3 aromatic carbocycles. The Hall–Kier alpha value is -4.72. The van der Waals surface area contributed by atoms with E-state index >= 15 is 0 Å². The number of esters is 1. The predicted molar refractivity (Wildman–Crippen MR) is 126 cm³/mol. The number of aromatic nitrogens is 2. The number of methoxy groups -OCH3 is 1. The van der Waals surface area contributed by atoms with Gasteiger partial charge in [-0.2, -0.15) is 5.10 Å². The van der Waals surface area contributed by atoms with Crippen molar-refractivity contribution in [2.24, 2.45) is 5.10 Å². The predicted octanol–water partition coefficient (Wildman–Crippen LogP) is 4.11. The molecule has 0 saturated carbocycles. The van der Waals surface area contributed by atoms with Gasteiger partial charge >= 0.3 is 5.97 Å². The number of hydrazone groups is 1. The molecule has 8 nitrogen and oxygen atoms in total. The van der Waals surface area contributed by atoms with E-state index in [0.717, 1.165) is 5.56 Å². The Morgan fingerprint density at radius 1 is 0.970 bits per heavy atom. The summed E-state index contributed by atoms with van der Waals surface area (Å²) in [6.45, 7) is 0. The van der Waals surface area contributed by atoms with Gasteiger partial charge in [-0.25, -0.2) is 15.2 Å². The van der Waals surface area contributed by atoms with Crippen LogP contribution < -0.4 is 20.5 Å².